The number of phenols is 1. The normalized spacial score (nSPS) is 12.1. The average Bonchev–Trinajstić information content (AvgIpc) is 3.50. The standard InChI is InChI=1S/C49H46N4O/c1-48(2,3)36-27-34(28-37(31-36)49(4,5)6)33-26-35(40-20-15-22-43-46(40)51-47(52(43)7)41-19-10-11-23-44(41)54)30-38(29-33)53(45-24-12-13-25-50-45)42-21-14-17-32-16-8-9-18-39(32)42/h8-31,54H,1-7H3. The lowest BCUT2D eigenvalue weighted by molar-refractivity contribution is 0.476. The van der Waals surface area contributed by atoms with Gasteiger partial charge in [-0.25, -0.2) is 9.97 Å². The summed E-state index contributed by atoms with van der Waals surface area (Å²) in [5.41, 5.74) is 11.4. The summed E-state index contributed by atoms with van der Waals surface area (Å²) in [4.78, 5) is 12.4. The van der Waals surface area contributed by atoms with Gasteiger partial charge in [0, 0.05) is 29.9 Å². The number of para-hydroxylation sites is 2. The van der Waals surface area contributed by atoms with E-state index in [1.807, 2.05) is 43.6 Å². The molecule has 2 aromatic heterocycles. The van der Waals surface area contributed by atoms with Crippen molar-refractivity contribution in [3.8, 4) is 39.4 Å². The van der Waals surface area contributed by atoms with Crippen LogP contribution >= 0.6 is 0 Å². The van der Waals surface area contributed by atoms with Crippen molar-refractivity contribution in [2.24, 2.45) is 7.05 Å². The number of fused-ring (bicyclic) bond motifs is 2. The van der Waals surface area contributed by atoms with E-state index in [0.29, 0.717) is 11.4 Å². The molecule has 8 aromatic rings. The molecular formula is C49H46N4O. The number of imidazole rings is 1. The fourth-order valence-corrected chi connectivity index (χ4v) is 7.36. The quantitative estimate of drug-likeness (QED) is 0.187. The van der Waals surface area contributed by atoms with Crippen LogP contribution in [0.3, 0.4) is 0 Å². The zero-order valence-electron chi connectivity index (χ0n) is 32.1. The highest BCUT2D eigenvalue weighted by molar-refractivity contribution is 6.01. The zero-order valence-corrected chi connectivity index (χ0v) is 32.1. The molecule has 6 aromatic carbocycles. The first-order chi connectivity index (χ1) is 25.9. The third-order valence-electron chi connectivity index (χ3n) is 10.4. The van der Waals surface area contributed by atoms with Crippen molar-refractivity contribution >= 4 is 39.0 Å². The van der Waals surface area contributed by atoms with Gasteiger partial charge in [0.25, 0.3) is 0 Å². The molecular weight excluding hydrogens is 661 g/mol. The van der Waals surface area contributed by atoms with Crippen LogP contribution in [-0.2, 0) is 17.9 Å². The molecule has 0 spiro atoms. The summed E-state index contributed by atoms with van der Waals surface area (Å²) in [5, 5.41) is 13.1. The number of aromatic nitrogens is 3. The lowest BCUT2D eigenvalue weighted by Gasteiger charge is -2.28. The van der Waals surface area contributed by atoms with Crippen molar-refractivity contribution in [3.05, 3.63) is 157 Å². The highest BCUT2D eigenvalue weighted by Gasteiger charge is 2.24. The molecule has 2 heterocycles. The van der Waals surface area contributed by atoms with Crippen LogP contribution < -0.4 is 4.90 Å². The van der Waals surface area contributed by atoms with E-state index >= 15 is 0 Å². The summed E-state index contributed by atoms with van der Waals surface area (Å²) in [6, 6.07) is 48.8. The number of rotatable bonds is 6. The molecule has 1 N–H and O–H groups in total. The molecule has 0 saturated carbocycles. The maximum atomic E-state index is 10.8. The van der Waals surface area contributed by atoms with E-state index in [9.17, 15) is 5.11 Å². The molecule has 0 aliphatic carbocycles. The number of nitrogens with zero attached hydrogens (tertiary/aromatic N) is 4. The van der Waals surface area contributed by atoms with Crippen LogP contribution in [0, 0.1) is 0 Å². The Kier molecular flexibility index (Phi) is 8.61. The van der Waals surface area contributed by atoms with Gasteiger partial charge in [0.1, 0.15) is 17.4 Å². The molecule has 0 amide bonds. The van der Waals surface area contributed by atoms with Crippen LogP contribution in [0.1, 0.15) is 52.7 Å². The number of hydrogen-bond acceptors (Lipinski definition) is 4. The first-order valence-electron chi connectivity index (χ1n) is 18.6. The molecule has 0 fully saturated rings. The number of hydrogen-bond donors (Lipinski definition) is 1. The first kappa shape index (κ1) is 34.9. The lowest BCUT2D eigenvalue weighted by atomic mass is 9.78. The van der Waals surface area contributed by atoms with Crippen LogP contribution in [0.4, 0.5) is 17.2 Å². The number of pyridine rings is 1. The summed E-state index contributed by atoms with van der Waals surface area (Å²) >= 11 is 0. The van der Waals surface area contributed by atoms with Gasteiger partial charge in [-0.1, -0.05) is 126 Å². The van der Waals surface area contributed by atoms with Crippen LogP contribution in [0.15, 0.2) is 146 Å². The van der Waals surface area contributed by atoms with E-state index in [0.717, 1.165) is 61.3 Å². The molecule has 0 bridgehead atoms. The van der Waals surface area contributed by atoms with Crippen molar-refractivity contribution in [2.45, 2.75) is 52.4 Å². The van der Waals surface area contributed by atoms with Crippen molar-refractivity contribution in [1.82, 2.24) is 14.5 Å². The third-order valence-corrected chi connectivity index (χ3v) is 10.4. The van der Waals surface area contributed by atoms with Crippen molar-refractivity contribution in [1.29, 1.82) is 0 Å². The highest BCUT2D eigenvalue weighted by atomic mass is 16.3. The minimum absolute atomic E-state index is 0.0433. The van der Waals surface area contributed by atoms with E-state index in [1.54, 1.807) is 6.07 Å². The third kappa shape index (κ3) is 6.40. The van der Waals surface area contributed by atoms with E-state index in [-0.39, 0.29) is 16.6 Å². The van der Waals surface area contributed by atoms with Gasteiger partial charge in [0.05, 0.1) is 22.3 Å². The van der Waals surface area contributed by atoms with Crippen LogP contribution in [0.5, 0.6) is 5.75 Å². The Bertz CT molecular complexity index is 2620. The smallest absolute Gasteiger partial charge is 0.144 e. The number of benzene rings is 6. The van der Waals surface area contributed by atoms with E-state index in [1.165, 1.54) is 11.1 Å². The minimum atomic E-state index is -0.0433. The summed E-state index contributed by atoms with van der Waals surface area (Å²) in [7, 11) is 2.01. The molecule has 54 heavy (non-hydrogen) atoms. The molecule has 0 unspecified atom stereocenters. The molecule has 268 valence electrons. The number of anilines is 3. The summed E-state index contributed by atoms with van der Waals surface area (Å²) in [6.07, 6.45) is 1.86. The maximum absolute atomic E-state index is 10.8. The Morgan fingerprint density at radius 2 is 1.22 bits per heavy atom. The van der Waals surface area contributed by atoms with Gasteiger partial charge in [-0.2, -0.15) is 0 Å². The Morgan fingerprint density at radius 1 is 0.593 bits per heavy atom. The Labute approximate surface area is 318 Å². The molecule has 8 rings (SSSR count). The van der Waals surface area contributed by atoms with E-state index in [4.69, 9.17) is 9.97 Å². The van der Waals surface area contributed by atoms with E-state index in [2.05, 4.69) is 154 Å². The van der Waals surface area contributed by atoms with Crippen LogP contribution in [0.25, 0.3) is 55.4 Å². The van der Waals surface area contributed by atoms with Crippen molar-refractivity contribution < 1.29 is 5.11 Å². The Morgan fingerprint density at radius 3 is 1.94 bits per heavy atom. The molecule has 0 aliphatic rings. The van der Waals surface area contributed by atoms with Crippen molar-refractivity contribution in [2.75, 3.05) is 4.90 Å². The number of aryl methyl sites for hydroxylation is 1. The molecule has 0 radical (unpaired) electrons. The zero-order chi connectivity index (χ0) is 37.8. The van der Waals surface area contributed by atoms with Crippen LogP contribution in [0.2, 0.25) is 0 Å². The predicted molar refractivity (Wildman–Crippen MR) is 226 cm³/mol. The molecule has 0 atom stereocenters. The second-order valence-electron chi connectivity index (χ2n) is 16.3. The van der Waals surface area contributed by atoms with Gasteiger partial charge in [-0.05, 0) is 98.6 Å². The number of phenolic OH excluding ortho intramolecular Hbond substituents is 1. The monoisotopic (exact) mass is 706 g/mol. The topological polar surface area (TPSA) is 54.2 Å². The lowest BCUT2D eigenvalue weighted by Crippen LogP contribution is -2.16. The van der Waals surface area contributed by atoms with Gasteiger partial charge in [-0.15, -0.1) is 0 Å². The number of aromatic hydroxyl groups is 1. The van der Waals surface area contributed by atoms with Gasteiger partial charge < -0.3 is 9.67 Å². The molecule has 5 heteroatoms. The summed E-state index contributed by atoms with van der Waals surface area (Å²) < 4.78 is 2.07. The fraction of sp³-hybridized carbons (Fsp3) is 0.184. The Hall–Kier alpha value is -6.20. The first-order valence-corrected chi connectivity index (χ1v) is 18.6. The minimum Gasteiger partial charge on any atom is -0.507 e. The second-order valence-corrected chi connectivity index (χ2v) is 16.3. The summed E-state index contributed by atoms with van der Waals surface area (Å²) in [5.74, 6) is 1.75. The summed E-state index contributed by atoms with van der Waals surface area (Å²) in [6.45, 7) is 13.7. The second kappa shape index (κ2) is 13.3. The SMILES string of the molecule is Cn1c(-c2ccccc2O)nc2c(-c3cc(-c4cc(C(C)(C)C)cc(C(C)(C)C)c4)cc(N(c4ccccn4)c4cccc5ccccc45)c3)cccc21. The van der Waals surface area contributed by atoms with Gasteiger partial charge in [0.15, 0.2) is 0 Å². The van der Waals surface area contributed by atoms with Gasteiger partial charge in [0.2, 0.25) is 0 Å². The largest absolute Gasteiger partial charge is 0.507 e. The fourth-order valence-electron chi connectivity index (χ4n) is 7.36. The van der Waals surface area contributed by atoms with Gasteiger partial charge >= 0.3 is 0 Å². The molecule has 0 saturated heterocycles. The average molecular weight is 707 g/mol. The molecule has 5 nitrogen and oxygen atoms in total. The van der Waals surface area contributed by atoms with E-state index < -0.39 is 0 Å². The highest BCUT2D eigenvalue weighted by Crippen LogP contribution is 2.44. The Balaban J connectivity index is 1.44. The predicted octanol–water partition coefficient (Wildman–Crippen LogP) is 12.9. The van der Waals surface area contributed by atoms with Crippen molar-refractivity contribution in [3.63, 3.8) is 0 Å². The maximum Gasteiger partial charge on any atom is 0.144 e. The van der Waals surface area contributed by atoms with Crippen LogP contribution in [-0.4, -0.2) is 19.6 Å². The van der Waals surface area contributed by atoms with Gasteiger partial charge in [-0.3, -0.25) is 4.90 Å². The molecule has 0 aliphatic heterocycles.